The second-order valence-electron chi connectivity index (χ2n) is 7.90. The monoisotopic (exact) mass is 401 g/mol. The Bertz CT molecular complexity index is 860. The lowest BCUT2D eigenvalue weighted by Crippen LogP contribution is -2.51. The van der Waals surface area contributed by atoms with E-state index in [-0.39, 0.29) is 12.5 Å². The highest BCUT2D eigenvalue weighted by atomic mass is 16.5. The molecule has 2 aromatic rings. The molecule has 1 aromatic heterocycles. The van der Waals surface area contributed by atoms with Gasteiger partial charge in [0.05, 0.1) is 24.7 Å². The van der Waals surface area contributed by atoms with Gasteiger partial charge in [-0.15, -0.1) is 10.2 Å². The van der Waals surface area contributed by atoms with Crippen LogP contribution in [0.5, 0.6) is 0 Å². The summed E-state index contributed by atoms with van der Waals surface area (Å²) in [6.07, 6.45) is 0.803. The first-order chi connectivity index (χ1) is 13.8. The molecule has 1 aromatic carbocycles. The van der Waals surface area contributed by atoms with Crippen LogP contribution in [-0.4, -0.2) is 43.9 Å². The van der Waals surface area contributed by atoms with Crippen molar-refractivity contribution in [3.05, 3.63) is 47.5 Å². The highest BCUT2D eigenvalue weighted by molar-refractivity contribution is 5.85. The van der Waals surface area contributed by atoms with Gasteiger partial charge in [0, 0.05) is 13.0 Å². The van der Waals surface area contributed by atoms with E-state index in [0.717, 1.165) is 5.56 Å². The topological polar surface area (TPSA) is 132 Å². The van der Waals surface area contributed by atoms with E-state index < -0.39 is 23.5 Å². The Morgan fingerprint density at radius 1 is 1.34 bits per heavy atom. The fraction of sp³-hybridized carbons (Fsp3) is 0.500. The third kappa shape index (κ3) is 5.18. The fourth-order valence-electron chi connectivity index (χ4n) is 3.21. The number of carboxylic acid groups (broad SMARTS) is 1. The molecule has 0 fully saturated rings. The van der Waals surface area contributed by atoms with E-state index in [2.05, 4.69) is 15.5 Å². The van der Waals surface area contributed by atoms with Crippen molar-refractivity contribution in [3.63, 3.8) is 0 Å². The number of rotatable bonds is 8. The molecule has 3 rings (SSSR count). The molecule has 0 bridgehead atoms. The minimum atomic E-state index is -1.06. The molecular weight excluding hydrogens is 374 g/mol. The van der Waals surface area contributed by atoms with Gasteiger partial charge in [-0.25, -0.2) is 0 Å². The zero-order valence-corrected chi connectivity index (χ0v) is 16.7. The summed E-state index contributed by atoms with van der Waals surface area (Å²) in [5.74, 6) is -0.475. The van der Waals surface area contributed by atoms with Crippen LogP contribution in [0.3, 0.4) is 0 Å². The highest BCUT2D eigenvalue weighted by Crippen LogP contribution is 2.24. The predicted molar refractivity (Wildman–Crippen MR) is 105 cm³/mol. The van der Waals surface area contributed by atoms with Crippen LogP contribution in [0.25, 0.3) is 0 Å². The zero-order chi connectivity index (χ0) is 21.0. The van der Waals surface area contributed by atoms with Crippen molar-refractivity contribution >= 4 is 11.9 Å². The quantitative estimate of drug-likeness (QED) is 0.602. The first-order valence-electron chi connectivity index (χ1n) is 9.62. The molecular formula is C20H27N5O4. The molecule has 0 saturated carbocycles. The average Bonchev–Trinajstić information content (AvgIpc) is 3.10. The summed E-state index contributed by atoms with van der Waals surface area (Å²) < 4.78 is 7.71. The Labute approximate surface area is 169 Å². The molecule has 1 unspecified atom stereocenters. The summed E-state index contributed by atoms with van der Waals surface area (Å²) in [7, 11) is 0. The molecule has 1 aliphatic heterocycles. The third-order valence-electron chi connectivity index (χ3n) is 4.93. The second-order valence-corrected chi connectivity index (χ2v) is 7.90. The molecule has 9 heteroatoms. The summed E-state index contributed by atoms with van der Waals surface area (Å²) in [4.78, 5) is 23.8. The number of ether oxygens (including phenoxy) is 1. The van der Waals surface area contributed by atoms with E-state index in [1.165, 1.54) is 0 Å². The van der Waals surface area contributed by atoms with Crippen molar-refractivity contribution in [2.24, 2.45) is 11.7 Å². The van der Waals surface area contributed by atoms with Crippen LogP contribution in [0.1, 0.15) is 43.5 Å². The number of hydrogen-bond acceptors (Lipinski definition) is 6. The van der Waals surface area contributed by atoms with E-state index >= 15 is 0 Å². The van der Waals surface area contributed by atoms with Gasteiger partial charge in [-0.3, -0.25) is 9.59 Å². The Balaban J connectivity index is 1.76. The normalized spacial score (nSPS) is 17.4. The maximum absolute atomic E-state index is 12.5. The molecule has 156 valence electrons. The van der Waals surface area contributed by atoms with Crippen molar-refractivity contribution in [2.75, 3.05) is 6.61 Å². The van der Waals surface area contributed by atoms with Crippen LogP contribution in [0.4, 0.5) is 0 Å². The minimum absolute atomic E-state index is 0.192. The van der Waals surface area contributed by atoms with Gasteiger partial charge >= 0.3 is 5.97 Å². The number of carbonyl (C=O) groups is 2. The van der Waals surface area contributed by atoms with Crippen LogP contribution < -0.4 is 11.1 Å². The number of benzene rings is 1. The number of fused-ring (bicyclic) bond motifs is 1. The van der Waals surface area contributed by atoms with Gasteiger partial charge in [-0.2, -0.15) is 0 Å². The van der Waals surface area contributed by atoms with E-state index in [9.17, 15) is 14.7 Å². The Morgan fingerprint density at radius 2 is 2.07 bits per heavy atom. The molecule has 0 radical (unpaired) electrons. The first kappa shape index (κ1) is 20.9. The fourth-order valence-corrected chi connectivity index (χ4v) is 3.21. The minimum Gasteiger partial charge on any atom is -0.481 e. The molecule has 2 heterocycles. The molecule has 0 spiro atoms. The van der Waals surface area contributed by atoms with Crippen LogP contribution in [0.2, 0.25) is 0 Å². The molecule has 1 aliphatic rings. The number of hydrogen-bond donors (Lipinski definition) is 3. The summed E-state index contributed by atoms with van der Waals surface area (Å²) in [6, 6.07) is 9.17. The number of nitrogens with zero attached hydrogens (tertiary/aromatic N) is 3. The van der Waals surface area contributed by atoms with Gasteiger partial charge < -0.3 is 25.5 Å². The second kappa shape index (κ2) is 8.71. The number of carbonyl (C=O) groups excluding carboxylic acids is 1. The molecule has 1 amide bonds. The van der Waals surface area contributed by atoms with E-state index in [1.807, 2.05) is 34.9 Å². The van der Waals surface area contributed by atoms with Gasteiger partial charge in [0.15, 0.2) is 5.82 Å². The van der Waals surface area contributed by atoms with Crippen molar-refractivity contribution < 1.29 is 19.4 Å². The Morgan fingerprint density at radius 3 is 2.72 bits per heavy atom. The lowest BCUT2D eigenvalue weighted by molar-refractivity contribution is -0.142. The molecule has 0 aliphatic carbocycles. The van der Waals surface area contributed by atoms with Crippen molar-refractivity contribution in [2.45, 2.75) is 51.4 Å². The summed E-state index contributed by atoms with van der Waals surface area (Å²) in [6.45, 7) is 4.31. The van der Waals surface area contributed by atoms with Crippen LogP contribution in [-0.2, 0) is 33.9 Å². The maximum atomic E-state index is 12.5. The Hall–Kier alpha value is -2.78. The summed E-state index contributed by atoms with van der Waals surface area (Å²) >= 11 is 0. The van der Waals surface area contributed by atoms with Gasteiger partial charge in [0.25, 0.3) is 0 Å². The zero-order valence-electron chi connectivity index (χ0n) is 16.7. The SMILES string of the molecule is CC(C)(N)C(=O)N[C@H](COCc1ccccc1)c1nnc2n1CCC(C(=O)O)C2. The number of nitrogens with two attached hydrogens (primary N) is 1. The van der Waals surface area contributed by atoms with E-state index in [4.69, 9.17) is 10.5 Å². The predicted octanol–water partition coefficient (Wildman–Crippen LogP) is 1.04. The number of aromatic nitrogens is 3. The van der Waals surface area contributed by atoms with Crippen LogP contribution in [0.15, 0.2) is 30.3 Å². The van der Waals surface area contributed by atoms with Crippen molar-refractivity contribution in [1.29, 1.82) is 0 Å². The number of carboxylic acids is 1. The van der Waals surface area contributed by atoms with Crippen molar-refractivity contribution in [3.8, 4) is 0 Å². The van der Waals surface area contributed by atoms with Crippen molar-refractivity contribution in [1.82, 2.24) is 20.1 Å². The van der Waals surface area contributed by atoms with Gasteiger partial charge in [-0.05, 0) is 25.8 Å². The lowest BCUT2D eigenvalue weighted by atomic mass is 9.98. The van der Waals surface area contributed by atoms with Crippen LogP contribution >= 0.6 is 0 Å². The molecule has 4 N–H and O–H groups in total. The standard InChI is InChI=1S/C20H27N5O4/c1-20(2,21)19(28)22-15(12-29-11-13-6-4-3-5-7-13)17-24-23-16-10-14(18(26)27)8-9-25(16)17/h3-7,14-15H,8-12,21H2,1-2H3,(H,22,28)(H,26,27)/t14?,15-/m1/s1. The molecule has 2 atom stereocenters. The van der Waals surface area contributed by atoms with Gasteiger partial charge in [0.2, 0.25) is 5.91 Å². The number of aliphatic carboxylic acids is 1. The van der Waals surface area contributed by atoms with Gasteiger partial charge in [0.1, 0.15) is 11.9 Å². The molecule has 9 nitrogen and oxygen atoms in total. The Kier molecular flexibility index (Phi) is 6.29. The smallest absolute Gasteiger partial charge is 0.307 e. The highest BCUT2D eigenvalue weighted by Gasteiger charge is 2.32. The van der Waals surface area contributed by atoms with E-state index in [1.54, 1.807) is 13.8 Å². The number of amides is 1. The first-order valence-corrected chi connectivity index (χ1v) is 9.62. The molecule has 29 heavy (non-hydrogen) atoms. The third-order valence-corrected chi connectivity index (χ3v) is 4.93. The number of nitrogens with one attached hydrogen (secondary N) is 1. The maximum Gasteiger partial charge on any atom is 0.307 e. The van der Waals surface area contributed by atoms with Crippen LogP contribution in [0, 0.1) is 5.92 Å². The average molecular weight is 401 g/mol. The molecule has 0 saturated heterocycles. The van der Waals surface area contributed by atoms with Gasteiger partial charge in [-0.1, -0.05) is 30.3 Å². The lowest BCUT2D eigenvalue weighted by Gasteiger charge is -2.26. The summed E-state index contributed by atoms with van der Waals surface area (Å²) in [5, 5.41) is 20.6. The summed E-state index contributed by atoms with van der Waals surface area (Å²) in [5.41, 5.74) is 5.89. The van der Waals surface area contributed by atoms with E-state index in [0.29, 0.717) is 37.6 Å². The largest absolute Gasteiger partial charge is 0.481 e.